The SMILES string of the molecule is CN(C)CCCN(C(=O)c1ccc(Br)cc1)c1nc2cc3c(cc2s1)OCCO3.Cl. The number of carbonyl (C=O) groups is 1. The number of ether oxygens (including phenoxy) is 2. The quantitative estimate of drug-likeness (QED) is 0.473. The van der Waals surface area contributed by atoms with E-state index in [-0.39, 0.29) is 18.3 Å². The number of fused-ring (bicyclic) bond motifs is 2. The van der Waals surface area contributed by atoms with Crippen LogP contribution in [-0.2, 0) is 0 Å². The Hall–Kier alpha value is -1.87. The number of benzene rings is 2. The molecule has 0 N–H and O–H groups in total. The molecule has 160 valence electrons. The molecule has 0 radical (unpaired) electrons. The summed E-state index contributed by atoms with van der Waals surface area (Å²) in [5, 5.41) is 0.689. The number of hydrogen-bond acceptors (Lipinski definition) is 6. The van der Waals surface area contributed by atoms with E-state index in [1.54, 1.807) is 4.90 Å². The van der Waals surface area contributed by atoms with Crippen LogP contribution in [0, 0.1) is 0 Å². The zero-order chi connectivity index (χ0) is 20.4. The van der Waals surface area contributed by atoms with E-state index >= 15 is 0 Å². The lowest BCUT2D eigenvalue weighted by molar-refractivity contribution is 0.0986. The molecule has 1 aromatic heterocycles. The number of rotatable bonds is 6. The van der Waals surface area contributed by atoms with Crippen molar-refractivity contribution in [1.29, 1.82) is 0 Å². The van der Waals surface area contributed by atoms with Gasteiger partial charge in [-0.3, -0.25) is 9.69 Å². The first kappa shape index (κ1) is 22.8. The van der Waals surface area contributed by atoms with E-state index in [1.807, 2.05) is 50.5 Å². The summed E-state index contributed by atoms with van der Waals surface area (Å²) in [6.07, 6.45) is 0.855. The van der Waals surface area contributed by atoms with Crippen molar-refractivity contribution >= 4 is 60.9 Å². The van der Waals surface area contributed by atoms with Crippen molar-refractivity contribution < 1.29 is 14.3 Å². The van der Waals surface area contributed by atoms with E-state index < -0.39 is 0 Å². The van der Waals surface area contributed by atoms with Crippen molar-refractivity contribution in [2.24, 2.45) is 0 Å². The minimum atomic E-state index is -0.0485. The van der Waals surface area contributed by atoms with E-state index in [1.165, 1.54) is 11.3 Å². The molecule has 1 aliphatic heterocycles. The molecule has 0 unspecified atom stereocenters. The summed E-state index contributed by atoms with van der Waals surface area (Å²) >= 11 is 4.92. The number of anilines is 1. The summed E-state index contributed by atoms with van der Waals surface area (Å²) < 4.78 is 13.3. The molecule has 2 heterocycles. The fourth-order valence-corrected chi connectivity index (χ4v) is 4.41. The minimum Gasteiger partial charge on any atom is -0.486 e. The molecule has 6 nitrogen and oxygen atoms in total. The van der Waals surface area contributed by atoms with Crippen molar-refractivity contribution in [1.82, 2.24) is 9.88 Å². The maximum atomic E-state index is 13.3. The average molecular weight is 513 g/mol. The Bertz CT molecular complexity index is 983. The fourth-order valence-electron chi connectivity index (χ4n) is 3.15. The third-order valence-corrected chi connectivity index (χ3v) is 6.17. The molecule has 0 aliphatic carbocycles. The molecule has 0 bridgehead atoms. The van der Waals surface area contributed by atoms with Gasteiger partial charge in [0.05, 0.1) is 10.2 Å². The molecule has 0 saturated heterocycles. The van der Waals surface area contributed by atoms with Gasteiger partial charge in [0.15, 0.2) is 16.6 Å². The van der Waals surface area contributed by atoms with Crippen molar-refractivity contribution in [3.05, 3.63) is 46.4 Å². The van der Waals surface area contributed by atoms with E-state index in [4.69, 9.17) is 14.5 Å². The van der Waals surface area contributed by atoms with Gasteiger partial charge in [0.25, 0.3) is 5.91 Å². The van der Waals surface area contributed by atoms with Gasteiger partial charge in [0, 0.05) is 28.7 Å². The van der Waals surface area contributed by atoms with Crippen molar-refractivity contribution in [3.8, 4) is 11.5 Å². The maximum Gasteiger partial charge on any atom is 0.260 e. The second-order valence-corrected chi connectivity index (χ2v) is 9.01. The molecular formula is C21H23BrClN3O3S. The molecule has 0 fully saturated rings. The monoisotopic (exact) mass is 511 g/mol. The number of carbonyl (C=O) groups excluding carboxylic acids is 1. The Morgan fingerprint density at radius 1 is 1.10 bits per heavy atom. The van der Waals surface area contributed by atoms with Crippen LogP contribution in [0.3, 0.4) is 0 Å². The number of halogens is 2. The fraction of sp³-hybridized carbons (Fsp3) is 0.333. The Morgan fingerprint density at radius 3 is 2.43 bits per heavy atom. The lowest BCUT2D eigenvalue weighted by atomic mass is 10.2. The van der Waals surface area contributed by atoms with Crippen LogP contribution in [-0.4, -0.2) is 56.2 Å². The summed E-state index contributed by atoms with van der Waals surface area (Å²) in [5.41, 5.74) is 1.46. The van der Waals surface area contributed by atoms with E-state index in [0.29, 0.717) is 36.2 Å². The highest BCUT2D eigenvalue weighted by molar-refractivity contribution is 9.10. The minimum absolute atomic E-state index is 0. The molecule has 30 heavy (non-hydrogen) atoms. The Morgan fingerprint density at radius 2 is 1.77 bits per heavy atom. The smallest absolute Gasteiger partial charge is 0.260 e. The van der Waals surface area contributed by atoms with Gasteiger partial charge in [-0.15, -0.1) is 12.4 Å². The van der Waals surface area contributed by atoms with Crippen LogP contribution in [0.5, 0.6) is 11.5 Å². The summed E-state index contributed by atoms with van der Waals surface area (Å²) in [5.74, 6) is 1.39. The van der Waals surface area contributed by atoms with Gasteiger partial charge in [-0.05, 0) is 51.3 Å². The molecule has 0 saturated carbocycles. The molecule has 0 spiro atoms. The summed E-state index contributed by atoms with van der Waals surface area (Å²) in [6, 6.07) is 11.3. The van der Waals surface area contributed by atoms with Crippen LogP contribution in [0.25, 0.3) is 10.2 Å². The van der Waals surface area contributed by atoms with Crippen LogP contribution in [0.4, 0.5) is 5.13 Å². The third-order valence-electron chi connectivity index (χ3n) is 4.60. The first-order chi connectivity index (χ1) is 14.0. The Labute approximate surface area is 194 Å². The largest absolute Gasteiger partial charge is 0.486 e. The van der Waals surface area contributed by atoms with Gasteiger partial charge in [-0.2, -0.15) is 0 Å². The standard InChI is InChI=1S/C21H22BrN3O3S.ClH/c1-24(2)8-3-9-25(20(26)14-4-6-15(22)7-5-14)21-23-16-12-17-18(13-19(16)29-21)28-11-10-27-17;/h4-7,12-13H,3,8-11H2,1-2H3;1H. The molecule has 2 aromatic carbocycles. The van der Waals surface area contributed by atoms with Crippen molar-refractivity contribution in [2.45, 2.75) is 6.42 Å². The predicted octanol–water partition coefficient (Wildman–Crippen LogP) is 4.85. The lowest BCUT2D eigenvalue weighted by Crippen LogP contribution is -2.33. The summed E-state index contributed by atoms with van der Waals surface area (Å²) in [4.78, 5) is 21.9. The highest BCUT2D eigenvalue weighted by Crippen LogP contribution is 2.39. The third kappa shape index (κ3) is 5.06. The highest BCUT2D eigenvalue weighted by atomic mass is 79.9. The number of amides is 1. The lowest BCUT2D eigenvalue weighted by Gasteiger charge is -2.21. The highest BCUT2D eigenvalue weighted by Gasteiger charge is 2.23. The van der Waals surface area contributed by atoms with Crippen LogP contribution >= 0.6 is 39.7 Å². The van der Waals surface area contributed by atoms with Crippen molar-refractivity contribution in [3.63, 3.8) is 0 Å². The average Bonchev–Trinajstić information content (AvgIpc) is 3.11. The Kier molecular flexibility index (Phi) is 7.57. The first-order valence-corrected chi connectivity index (χ1v) is 11.0. The number of hydrogen-bond donors (Lipinski definition) is 0. The first-order valence-electron chi connectivity index (χ1n) is 9.43. The molecule has 1 aliphatic rings. The normalized spacial score (nSPS) is 12.7. The maximum absolute atomic E-state index is 13.3. The molecular weight excluding hydrogens is 490 g/mol. The van der Waals surface area contributed by atoms with Crippen molar-refractivity contribution in [2.75, 3.05) is 45.3 Å². The van der Waals surface area contributed by atoms with E-state index in [9.17, 15) is 4.79 Å². The zero-order valence-corrected chi connectivity index (χ0v) is 20.0. The van der Waals surface area contributed by atoms with Gasteiger partial charge in [-0.25, -0.2) is 4.98 Å². The topological polar surface area (TPSA) is 54.9 Å². The van der Waals surface area contributed by atoms with Gasteiger partial charge in [0.2, 0.25) is 0 Å². The van der Waals surface area contributed by atoms with Crippen LogP contribution in [0.2, 0.25) is 0 Å². The molecule has 0 atom stereocenters. The number of nitrogens with zero attached hydrogens (tertiary/aromatic N) is 3. The van der Waals surface area contributed by atoms with E-state index in [2.05, 4.69) is 20.8 Å². The molecule has 4 rings (SSSR count). The second-order valence-electron chi connectivity index (χ2n) is 7.08. The van der Waals surface area contributed by atoms with Crippen LogP contribution in [0.1, 0.15) is 16.8 Å². The van der Waals surface area contributed by atoms with E-state index in [0.717, 1.165) is 33.4 Å². The van der Waals surface area contributed by atoms with Gasteiger partial charge >= 0.3 is 0 Å². The number of thiazole rings is 1. The molecule has 9 heteroatoms. The predicted molar refractivity (Wildman–Crippen MR) is 127 cm³/mol. The van der Waals surface area contributed by atoms with Crippen LogP contribution < -0.4 is 14.4 Å². The van der Waals surface area contributed by atoms with Gasteiger partial charge in [0.1, 0.15) is 13.2 Å². The Balaban J connectivity index is 0.00000256. The van der Waals surface area contributed by atoms with Crippen LogP contribution in [0.15, 0.2) is 40.9 Å². The summed E-state index contributed by atoms with van der Waals surface area (Å²) in [7, 11) is 4.06. The summed E-state index contributed by atoms with van der Waals surface area (Å²) in [6.45, 7) is 2.57. The zero-order valence-electron chi connectivity index (χ0n) is 16.8. The second kappa shape index (κ2) is 9.96. The van der Waals surface area contributed by atoms with Gasteiger partial charge < -0.3 is 14.4 Å². The molecule has 1 amide bonds. The van der Waals surface area contributed by atoms with Gasteiger partial charge in [-0.1, -0.05) is 27.3 Å². The molecule has 3 aromatic rings. The number of aromatic nitrogens is 1.